The normalized spacial score (nSPS) is 19.6. The van der Waals surface area contributed by atoms with E-state index in [1.54, 1.807) is 12.4 Å². The number of aromatic nitrogens is 2. The van der Waals surface area contributed by atoms with Gasteiger partial charge in [-0.05, 0) is 22.9 Å². The molecule has 1 saturated heterocycles. The van der Waals surface area contributed by atoms with Crippen LogP contribution in [0.3, 0.4) is 0 Å². The fourth-order valence-corrected chi connectivity index (χ4v) is 1.79. The summed E-state index contributed by atoms with van der Waals surface area (Å²) in [6.07, 6.45) is 3.57. The summed E-state index contributed by atoms with van der Waals surface area (Å²) in [6, 6.07) is 0.510. The van der Waals surface area contributed by atoms with E-state index in [1.165, 1.54) is 0 Å². The second-order valence-corrected chi connectivity index (χ2v) is 4.42. The molecule has 2 rings (SSSR count). The lowest BCUT2D eigenvalue weighted by Crippen LogP contribution is -2.49. The molecule has 0 unspecified atom stereocenters. The van der Waals surface area contributed by atoms with E-state index in [0.717, 1.165) is 30.1 Å². The maximum absolute atomic E-state index is 4.28. The van der Waals surface area contributed by atoms with Gasteiger partial charge in [0.1, 0.15) is 0 Å². The second kappa shape index (κ2) is 7.27. The summed E-state index contributed by atoms with van der Waals surface area (Å²) in [7, 11) is 0. The van der Waals surface area contributed by atoms with Gasteiger partial charge in [0.25, 0.3) is 0 Å². The van der Waals surface area contributed by atoms with Crippen LogP contribution in [0.1, 0.15) is 6.92 Å². The van der Waals surface area contributed by atoms with Crippen molar-refractivity contribution in [2.45, 2.75) is 13.0 Å². The summed E-state index contributed by atoms with van der Waals surface area (Å²) in [4.78, 5) is 10.8. The van der Waals surface area contributed by atoms with Crippen LogP contribution in [0.4, 0.5) is 5.95 Å². The molecule has 16 heavy (non-hydrogen) atoms. The first-order valence-corrected chi connectivity index (χ1v) is 5.51. The quantitative estimate of drug-likeness (QED) is 0.854. The largest absolute Gasteiger partial charge is 0.338 e. The zero-order valence-corrected chi connectivity index (χ0v) is 12.1. The fraction of sp³-hybridized carbons (Fsp3) is 0.556. The van der Waals surface area contributed by atoms with E-state index in [-0.39, 0.29) is 24.8 Å². The van der Waals surface area contributed by atoms with Gasteiger partial charge in [0, 0.05) is 38.1 Å². The van der Waals surface area contributed by atoms with Crippen LogP contribution in [0.2, 0.25) is 0 Å². The van der Waals surface area contributed by atoms with Crippen LogP contribution in [0.25, 0.3) is 0 Å². The van der Waals surface area contributed by atoms with E-state index in [2.05, 4.69) is 43.0 Å². The van der Waals surface area contributed by atoms with Crippen molar-refractivity contribution in [3.05, 3.63) is 16.9 Å². The van der Waals surface area contributed by atoms with Crippen molar-refractivity contribution >= 4 is 46.7 Å². The van der Waals surface area contributed by atoms with Gasteiger partial charge < -0.3 is 10.2 Å². The summed E-state index contributed by atoms with van der Waals surface area (Å²) >= 11 is 3.33. The molecule has 0 aliphatic carbocycles. The van der Waals surface area contributed by atoms with Crippen LogP contribution in [-0.2, 0) is 0 Å². The molecular formula is C9H15BrCl2N4. The molecule has 0 spiro atoms. The molecule has 1 aromatic heterocycles. The first-order valence-electron chi connectivity index (χ1n) is 4.71. The molecule has 92 valence electrons. The molecule has 1 aliphatic heterocycles. The number of nitrogens with one attached hydrogen (secondary N) is 1. The molecule has 1 aliphatic rings. The Labute approximate surface area is 116 Å². The number of halogens is 3. The summed E-state index contributed by atoms with van der Waals surface area (Å²) in [5.41, 5.74) is 0. The monoisotopic (exact) mass is 328 g/mol. The third-order valence-corrected chi connectivity index (χ3v) is 2.67. The molecule has 0 amide bonds. The van der Waals surface area contributed by atoms with Gasteiger partial charge in [0.2, 0.25) is 5.95 Å². The lowest BCUT2D eigenvalue weighted by Gasteiger charge is -2.31. The third kappa shape index (κ3) is 4.05. The highest BCUT2D eigenvalue weighted by Crippen LogP contribution is 2.12. The number of hydrogen-bond donors (Lipinski definition) is 1. The highest BCUT2D eigenvalue weighted by atomic mass is 79.9. The molecule has 0 radical (unpaired) electrons. The van der Waals surface area contributed by atoms with Gasteiger partial charge in [0.15, 0.2) is 0 Å². The number of hydrogen-bond acceptors (Lipinski definition) is 4. The summed E-state index contributed by atoms with van der Waals surface area (Å²) in [6.45, 7) is 5.12. The molecule has 0 saturated carbocycles. The Morgan fingerprint density at radius 2 is 2.00 bits per heavy atom. The smallest absolute Gasteiger partial charge is 0.225 e. The summed E-state index contributed by atoms with van der Waals surface area (Å²) in [5, 5.41) is 3.39. The average molecular weight is 330 g/mol. The third-order valence-electron chi connectivity index (χ3n) is 2.26. The molecule has 1 atom stereocenters. The minimum Gasteiger partial charge on any atom is -0.338 e. The standard InChI is InChI=1S/C9H13BrN4.2ClH/c1-7-6-14(3-2-11-7)9-12-4-8(10)5-13-9;;/h4-5,7,11H,2-3,6H2,1H3;2*1H/t7-;;/m1../s1. The van der Waals surface area contributed by atoms with Crippen molar-refractivity contribution in [1.29, 1.82) is 0 Å². The Bertz CT molecular complexity index is 309. The molecule has 0 aromatic carbocycles. The van der Waals surface area contributed by atoms with Crippen LogP contribution in [0.5, 0.6) is 0 Å². The molecule has 1 N–H and O–H groups in total. The first kappa shape index (κ1) is 15.9. The van der Waals surface area contributed by atoms with E-state index in [4.69, 9.17) is 0 Å². The van der Waals surface area contributed by atoms with Crippen LogP contribution >= 0.6 is 40.7 Å². The lowest BCUT2D eigenvalue weighted by molar-refractivity contribution is 0.479. The lowest BCUT2D eigenvalue weighted by atomic mass is 10.2. The van der Waals surface area contributed by atoms with E-state index >= 15 is 0 Å². The van der Waals surface area contributed by atoms with Crippen molar-refractivity contribution in [3.63, 3.8) is 0 Å². The van der Waals surface area contributed by atoms with E-state index in [1.807, 2.05) is 0 Å². The highest BCUT2D eigenvalue weighted by molar-refractivity contribution is 9.10. The maximum Gasteiger partial charge on any atom is 0.225 e. The fourth-order valence-electron chi connectivity index (χ4n) is 1.58. The Hall–Kier alpha value is -0.100. The minimum atomic E-state index is 0. The van der Waals surface area contributed by atoms with Gasteiger partial charge in [-0.15, -0.1) is 24.8 Å². The summed E-state index contributed by atoms with van der Waals surface area (Å²) < 4.78 is 0.921. The number of piperazine rings is 1. The van der Waals surface area contributed by atoms with Gasteiger partial charge in [-0.2, -0.15) is 0 Å². The zero-order valence-electron chi connectivity index (χ0n) is 8.89. The molecule has 7 heteroatoms. The van der Waals surface area contributed by atoms with Crippen molar-refractivity contribution < 1.29 is 0 Å². The van der Waals surface area contributed by atoms with Crippen LogP contribution < -0.4 is 10.2 Å². The molecule has 4 nitrogen and oxygen atoms in total. The van der Waals surface area contributed by atoms with Crippen LogP contribution in [0, 0.1) is 0 Å². The van der Waals surface area contributed by atoms with Crippen LogP contribution in [-0.4, -0.2) is 35.6 Å². The second-order valence-electron chi connectivity index (χ2n) is 3.50. The molecule has 0 bridgehead atoms. The molecule has 1 fully saturated rings. The van der Waals surface area contributed by atoms with Crippen molar-refractivity contribution in [3.8, 4) is 0 Å². The number of rotatable bonds is 1. The van der Waals surface area contributed by atoms with E-state index < -0.39 is 0 Å². The first-order chi connectivity index (χ1) is 6.75. The molecular weight excluding hydrogens is 315 g/mol. The molecule has 2 heterocycles. The number of nitrogens with zero attached hydrogens (tertiary/aromatic N) is 3. The van der Waals surface area contributed by atoms with Crippen molar-refractivity contribution in [2.75, 3.05) is 24.5 Å². The van der Waals surface area contributed by atoms with Crippen LogP contribution in [0.15, 0.2) is 16.9 Å². The Morgan fingerprint density at radius 3 is 2.56 bits per heavy atom. The van der Waals surface area contributed by atoms with Gasteiger partial charge in [-0.25, -0.2) is 9.97 Å². The van der Waals surface area contributed by atoms with Gasteiger partial charge in [0.05, 0.1) is 4.47 Å². The van der Waals surface area contributed by atoms with Gasteiger partial charge in [-0.3, -0.25) is 0 Å². The molecule has 1 aromatic rings. The minimum absolute atomic E-state index is 0. The average Bonchev–Trinajstić information content (AvgIpc) is 2.19. The SMILES string of the molecule is C[C@@H]1CN(c2ncc(Br)cn2)CCN1.Cl.Cl. The van der Waals surface area contributed by atoms with E-state index in [9.17, 15) is 0 Å². The van der Waals surface area contributed by atoms with Crippen molar-refractivity contribution in [1.82, 2.24) is 15.3 Å². The number of anilines is 1. The Balaban J connectivity index is 0.00000112. The predicted molar refractivity (Wildman–Crippen MR) is 73.9 cm³/mol. The Kier molecular flexibility index (Phi) is 7.22. The highest BCUT2D eigenvalue weighted by Gasteiger charge is 2.17. The van der Waals surface area contributed by atoms with E-state index in [0.29, 0.717) is 6.04 Å². The van der Waals surface area contributed by atoms with Gasteiger partial charge in [-0.1, -0.05) is 0 Å². The topological polar surface area (TPSA) is 41.1 Å². The summed E-state index contributed by atoms with van der Waals surface area (Å²) in [5.74, 6) is 0.821. The Morgan fingerprint density at radius 1 is 1.38 bits per heavy atom. The van der Waals surface area contributed by atoms with Crippen molar-refractivity contribution in [2.24, 2.45) is 0 Å². The van der Waals surface area contributed by atoms with Gasteiger partial charge >= 0.3 is 0 Å². The predicted octanol–water partition coefficient (Wildman–Crippen LogP) is 1.88. The maximum atomic E-state index is 4.28. The zero-order chi connectivity index (χ0) is 9.97.